The van der Waals surface area contributed by atoms with Gasteiger partial charge in [0.1, 0.15) is 0 Å². The zero-order valence-corrected chi connectivity index (χ0v) is 12.7. The highest BCUT2D eigenvalue weighted by Gasteiger charge is 2.15. The van der Waals surface area contributed by atoms with Gasteiger partial charge in [-0.2, -0.15) is 0 Å². The number of ether oxygens (including phenoxy) is 2. The Kier molecular flexibility index (Phi) is 7.50. The second kappa shape index (κ2) is 8.89. The first-order valence-electron chi connectivity index (χ1n) is 6.09. The summed E-state index contributed by atoms with van der Waals surface area (Å²) >= 11 is 2.95. The molecule has 0 heterocycles. The minimum absolute atomic E-state index is 0.0497. The van der Waals surface area contributed by atoms with Gasteiger partial charge in [0.25, 0.3) is 0 Å². The molecular formula is C13H17BrFNO4. The van der Waals surface area contributed by atoms with Gasteiger partial charge < -0.3 is 19.9 Å². The van der Waals surface area contributed by atoms with Gasteiger partial charge in [0.15, 0.2) is 5.82 Å². The van der Waals surface area contributed by atoms with Gasteiger partial charge in [0.05, 0.1) is 28.9 Å². The molecule has 0 unspecified atom stereocenters. The van der Waals surface area contributed by atoms with Gasteiger partial charge in [-0.15, -0.1) is 0 Å². The van der Waals surface area contributed by atoms with Crippen molar-refractivity contribution in [1.82, 2.24) is 0 Å². The number of carbonyl (C=O) groups is 1. The molecule has 0 fully saturated rings. The maximum absolute atomic E-state index is 13.9. The van der Waals surface area contributed by atoms with Crippen LogP contribution in [0, 0.1) is 5.82 Å². The van der Waals surface area contributed by atoms with Crippen LogP contribution in [0.4, 0.5) is 10.1 Å². The number of halogens is 2. The first-order chi connectivity index (χ1) is 9.57. The summed E-state index contributed by atoms with van der Waals surface area (Å²) in [5, 5.41) is 11.8. The minimum atomic E-state index is -1.17. The van der Waals surface area contributed by atoms with E-state index in [2.05, 4.69) is 21.2 Å². The first kappa shape index (κ1) is 16.9. The van der Waals surface area contributed by atoms with Crippen molar-refractivity contribution in [2.75, 3.05) is 38.8 Å². The molecule has 0 spiro atoms. The highest BCUT2D eigenvalue weighted by Crippen LogP contribution is 2.27. The van der Waals surface area contributed by atoms with Crippen molar-refractivity contribution in [3.63, 3.8) is 0 Å². The minimum Gasteiger partial charge on any atom is -0.478 e. The van der Waals surface area contributed by atoms with E-state index in [1.165, 1.54) is 12.1 Å². The fraction of sp³-hybridized carbons (Fsp3) is 0.462. The smallest absolute Gasteiger partial charge is 0.336 e. The number of benzene rings is 1. The third-order valence-corrected chi connectivity index (χ3v) is 3.30. The van der Waals surface area contributed by atoms with Gasteiger partial charge in [-0.1, -0.05) is 0 Å². The summed E-state index contributed by atoms with van der Waals surface area (Å²) in [5.41, 5.74) is 0.162. The zero-order valence-electron chi connectivity index (χ0n) is 11.1. The lowest BCUT2D eigenvalue weighted by molar-refractivity contribution is 0.0695. The third-order valence-electron chi connectivity index (χ3n) is 2.53. The second-order valence-electron chi connectivity index (χ2n) is 3.98. The van der Waals surface area contributed by atoms with Gasteiger partial charge >= 0.3 is 5.97 Å². The molecule has 0 saturated carbocycles. The molecule has 112 valence electrons. The van der Waals surface area contributed by atoms with Crippen LogP contribution < -0.4 is 5.32 Å². The number of nitrogens with one attached hydrogen (secondary N) is 1. The van der Waals surface area contributed by atoms with Crippen LogP contribution in [-0.4, -0.2) is 44.6 Å². The molecule has 0 saturated heterocycles. The molecule has 0 radical (unpaired) electrons. The fourth-order valence-electron chi connectivity index (χ4n) is 1.49. The van der Waals surface area contributed by atoms with Crippen LogP contribution >= 0.6 is 15.9 Å². The standard InChI is InChI=1S/C13H17BrFNO4/c1-19-7-8-20-6-2-5-16-10-4-3-9(13(17)18)11(14)12(10)15/h3-4,16H,2,5-8H2,1H3,(H,17,18). The summed E-state index contributed by atoms with van der Waals surface area (Å²) in [7, 11) is 1.60. The number of hydrogen-bond donors (Lipinski definition) is 2. The Bertz CT molecular complexity index is 456. The molecule has 0 atom stereocenters. The number of carboxylic acids is 1. The summed E-state index contributed by atoms with van der Waals surface area (Å²) in [6.45, 7) is 2.16. The molecule has 20 heavy (non-hydrogen) atoms. The molecule has 2 N–H and O–H groups in total. The highest BCUT2D eigenvalue weighted by atomic mass is 79.9. The molecule has 0 aliphatic carbocycles. The summed E-state index contributed by atoms with van der Waals surface area (Å²) in [6, 6.07) is 2.77. The Morgan fingerprint density at radius 2 is 2.15 bits per heavy atom. The zero-order chi connectivity index (χ0) is 15.0. The third kappa shape index (κ3) is 5.07. The van der Waals surface area contributed by atoms with Crippen molar-refractivity contribution in [3.8, 4) is 0 Å². The SMILES string of the molecule is COCCOCCCNc1ccc(C(=O)O)c(Br)c1F. The topological polar surface area (TPSA) is 67.8 Å². The lowest BCUT2D eigenvalue weighted by Crippen LogP contribution is -2.10. The van der Waals surface area contributed by atoms with Gasteiger partial charge in [-0.25, -0.2) is 9.18 Å². The van der Waals surface area contributed by atoms with E-state index in [-0.39, 0.29) is 15.7 Å². The van der Waals surface area contributed by atoms with E-state index in [0.717, 1.165) is 0 Å². The lowest BCUT2D eigenvalue weighted by Gasteiger charge is -2.10. The molecule has 0 amide bonds. The van der Waals surface area contributed by atoms with Crippen LogP contribution in [0.5, 0.6) is 0 Å². The Labute approximate surface area is 125 Å². The Morgan fingerprint density at radius 1 is 1.40 bits per heavy atom. The van der Waals surface area contributed by atoms with E-state index in [1.807, 2.05) is 0 Å². The summed E-state index contributed by atoms with van der Waals surface area (Å²) in [4.78, 5) is 10.8. The number of hydrogen-bond acceptors (Lipinski definition) is 4. The van der Waals surface area contributed by atoms with Gasteiger partial charge in [0.2, 0.25) is 0 Å². The normalized spacial score (nSPS) is 10.6. The average molecular weight is 350 g/mol. The van der Waals surface area contributed by atoms with Crippen molar-refractivity contribution in [2.24, 2.45) is 0 Å². The van der Waals surface area contributed by atoms with Crippen LogP contribution in [0.3, 0.4) is 0 Å². The van der Waals surface area contributed by atoms with Gasteiger partial charge in [-0.05, 0) is 34.5 Å². The van der Waals surface area contributed by atoms with Gasteiger partial charge in [0, 0.05) is 20.3 Å². The van der Waals surface area contributed by atoms with Crippen LogP contribution in [0.1, 0.15) is 16.8 Å². The quantitative estimate of drug-likeness (QED) is 0.671. The summed E-state index contributed by atoms with van der Waals surface area (Å²) in [5.74, 6) is -1.78. The molecule has 1 rings (SSSR count). The van der Waals surface area contributed by atoms with Crippen molar-refractivity contribution in [2.45, 2.75) is 6.42 Å². The predicted molar refractivity (Wildman–Crippen MR) is 76.9 cm³/mol. The van der Waals surface area contributed by atoms with Gasteiger partial charge in [-0.3, -0.25) is 0 Å². The Balaban J connectivity index is 2.41. The maximum atomic E-state index is 13.9. The maximum Gasteiger partial charge on any atom is 0.336 e. The van der Waals surface area contributed by atoms with E-state index < -0.39 is 11.8 Å². The average Bonchev–Trinajstić information content (AvgIpc) is 2.42. The molecule has 1 aromatic carbocycles. The van der Waals surface area contributed by atoms with Crippen LogP contribution in [-0.2, 0) is 9.47 Å². The van der Waals surface area contributed by atoms with Crippen molar-refractivity contribution in [3.05, 3.63) is 28.0 Å². The summed E-state index contributed by atoms with van der Waals surface area (Å²) < 4.78 is 23.9. The molecular weight excluding hydrogens is 333 g/mol. The van der Waals surface area contributed by atoms with Crippen molar-refractivity contribution in [1.29, 1.82) is 0 Å². The van der Waals surface area contributed by atoms with Crippen LogP contribution in [0.15, 0.2) is 16.6 Å². The lowest BCUT2D eigenvalue weighted by atomic mass is 10.2. The number of aromatic carboxylic acids is 1. The van der Waals surface area contributed by atoms with Crippen molar-refractivity contribution >= 4 is 27.6 Å². The first-order valence-corrected chi connectivity index (χ1v) is 6.89. The number of anilines is 1. The molecule has 5 nitrogen and oxygen atoms in total. The number of carboxylic acid groups (broad SMARTS) is 1. The second-order valence-corrected chi connectivity index (χ2v) is 4.77. The van der Waals surface area contributed by atoms with Crippen LogP contribution in [0.25, 0.3) is 0 Å². The Hall–Kier alpha value is -1.18. The monoisotopic (exact) mass is 349 g/mol. The molecule has 0 bridgehead atoms. The van der Waals surface area contributed by atoms with E-state index in [0.29, 0.717) is 32.8 Å². The van der Waals surface area contributed by atoms with E-state index in [9.17, 15) is 9.18 Å². The number of rotatable bonds is 9. The highest BCUT2D eigenvalue weighted by molar-refractivity contribution is 9.10. The largest absolute Gasteiger partial charge is 0.478 e. The fourth-order valence-corrected chi connectivity index (χ4v) is 2.01. The molecule has 0 aliphatic heterocycles. The van der Waals surface area contributed by atoms with E-state index >= 15 is 0 Å². The predicted octanol–water partition coefficient (Wildman–Crippen LogP) is 2.75. The van der Waals surface area contributed by atoms with E-state index in [1.54, 1.807) is 7.11 Å². The summed E-state index contributed by atoms with van der Waals surface area (Å²) in [6.07, 6.45) is 0.710. The molecule has 7 heteroatoms. The van der Waals surface area contributed by atoms with E-state index in [4.69, 9.17) is 14.6 Å². The Morgan fingerprint density at radius 3 is 2.80 bits per heavy atom. The number of methoxy groups -OCH3 is 1. The molecule has 0 aliphatic rings. The molecule has 1 aromatic rings. The molecule has 0 aromatic heterocycles. The van der Waals surface area contributed by atoms with Crippen LogP contribution in [0.2, 0.25) is 0 Å². The van der Waals surface area contributed by atoms with Crippen molar-refractivity contribution < 1.29 is 23.8 Å².